The summed E-state index contributed by atoms with van der Waals surface area (Å²) in [6.07, 6.45) is 1.96. The maximum Gasteiger partial charge on any atom is 0.0865 e. The van der Waals surface area contributed by atoms with Gasteiger partial charge in [-0.15, -0.1) is 0 Å². The summed E-state index contributed by atoms with van der Waals surface area (Å²) in [6.45, 7) is 1.65. The highest BCUT2D eigenvalue weighted by Gasteiger charge is 2.21. The molecule has 0 amide bonds. The van der Waals surface area contributed by atoms with Gasteiger partial charge in [-0.05, 0) is 31.5 Å². The van der Waals surface area contributed by atoms with Gasteiger partial charge in [-0.25, -0.2) is 0 Å². The molecule has 0 aromatic heterocycles. The molecule has 1 heterocycles. The monoisotopic (exact) mass is 206 g/mol. The molecule has 3 heteroatoms. The van der Waals surface area contributed by atoms with Crippen molar-refractivity contribution in [2.45, 2.75) is 25.0 Å². The van der Waals surface area contributed by atoms with Crippen molar-refractivity contribution in [1.82, 2.24) is 5.32 Å². The molecule has 0 bridgehead atoms. The van der Waals surface area contributed by atoms with E-state index >= 15 is 0 Å². The van der Waals surface area contributed by atoms with Crippen LogP contribution in [0.2, 0.25) is 0 Å². The molecular weight excluding hydrogens is 188 g/mol. The highest BCUT2D eigenvalue weighted by Crippen LogP contribution is 2.11. The molecule has 82 valence electrons. The maximum atomic E-state index is 9.89. The minimum atomic E-state index is -0.298. The standard InChI is InChI=1S/C12H18N2O/c15-12(11-7-4-8-13-11)9-14-10-5-2-1-3-6-10/h1-3,5-6,11-15H,4,7-9H2/t11-,12?/m1/s1. The Morgan fingerprint density at radius 2 is 2.20 bits per heavy atom. The van der Waals surface area contributed by atoms with E-state index in [2.05, 4.69) is 10.6 Å². The zero-order valence-electron chi connectivity index (χ0n) is 8.82. The zero-order chi connectivity index (χ0) is 10.5. The summed E-state index contributed by atoms with van der Waals surface area (Å²) < 4.78 is 0. The van der Waals surface area contributed by atoms with Crippen molar-refractivity contribution in [1.29, 1.82) is 0 Å². The van der Waals surface area contributed by atoms with Crippen LogP contribution in [-0.2, 0) is 0 Å². The number of aliphatic hydroxyl groups is 1. The van der Waals surface area contributed by atoms with Crippen LogP contribution in [0.15, 0.2) is 30.3 Å². The van der Waals surface area contributed by atoms with Crippen LogP contribution in [-0.4, -0.2) is 30.3 Å². The first kappa shape index (κ1) is 10.5. The first-order chi connectivity index (χ1) is 7.36. The lowest BCUT2D eigenvalue weighted by Gasteiger charge is -2.19. The minimum absolute atomic E-state index is 0.265. The molecule has 0 radical (unpaired) electrons. The van der Waals surface area contributed by atoms with Crippen LogP contribution < -0.4 is 10.6 Å². The minimum Gasteiger partial charge on any atom is -0.390 e. The number of hydrogen-bond donors (Lipinski definition) is 3. The van der Waals surface area contributed by atoms with Crippen molar-refractivity contribution in [3.8, 4) is 0 Å². The molecule has 1 aromatic rings. The Balaban J connectivity index is 1.77. The lowest BCUT2D eigenvalue weighted by atomic mass is 10.1. The Labute approximate surface area is 90.5 Å². The smallest absolute Gasteiger partial charge is 0.0865 e. The highest BCUT2D eigenvalue weighted by atomic mass is 16.3. The van der Waals surface area contributed by atoms with Gasteiger partial charge in [0.2, 0.25) is 0 Å². The second kappa shape index (κ2) is 5.14. The summed E-state index contributed by atoms with van der Waals surface area (Å²) >= 11 is 0. The van der Waals surface area contributed by atoms with Crippen molar-refractivity contribution in [2.75, 3.05) is 18.4 Å². The summed E-state index contributed by atoms with van der Waals surface area (Å²) in [5, 5.41) is 16.4. The van der Waals surface area contributed by atoms with Gasteiger partial charge in [-0.3, -0.25) is 0 Å². The Morgan fingerprint density at radius 1 is 1.40 bits per heavy atom. The number of rotatable bonds is 4. The van der Waals surface area contributed by atoms with Gasteiger partial charge in [0.05, 0.1) is 6.10 Å². The van der Waals surface area contributed by atoms with Crippen LogP contribution in [0.4, 0.5) is 5.69 Å². The fourth-order valence-corrected chi connectivity index (χ4v) is 1.96. The van der Waals surface area contributed by atoms with Gasteiger partial charge >= 0.3 is 0 Å². The van der Waals surface area contributed by atoms with E-state index in [9.17, 15) is 5.11 Å². The summed E-state index contributed by atoms with van der Waals surface area (Å²) in [4.78, 5) is 0. The largest absolute Gasteiger partial charge is 0.390 e. The molecule has 15 heavy (non-hydrogen) atoms. The molecule has 0 aliphatic carbocycles. The molecule has 1 aliphatic rings. The maximum absolute atomic E-state index is 9.89. The van der Waals surface area contributed by atoms with Crippen LogP contribution in [0, 0.1) is 0 Å². The van der Waals surface area contributed by atoms with Gasteiger partial charge in [-0.2, -0.15) is 0 Å². The van der Waals surface area contributed by atoms with Gasteiger partial charge in [0.15, 0.2) is 0 Å². The van der Waals surface area contributed by atoms with Crippen LogP contribution in [0.25, 0.3) is 0 Å². The summed E-state index contributed by atoms with van der Waals surface area (Å²) in [5.41, 5.74) is 1.06. The molecule has 2 rings (SSSR count). The van der Waals surface area contributed by atoms with Crippen molar-refractivity contribution in [2.24, 2.45) is 0 Å². The predicted molar refractivity (Wildman–Crippen MR) is 62.0 cm³/mol. The van der Waals surface area contributed by atoms with E-state index in [-0.39, 0.29) is 12.1 Å². The number of nitrogens with one attached hydrogen (secondary N) is 2. The van der Waals surface area contributed by atoms with Gasteiger partial charge in [0, 0.05) is 18.3 Å². The number of para-hydroxylation sites is 1. The highest BCUT2D eigenvalue weighted by molar-refractivity contribution is 5.42. The molecule has 1 aromatic carbocycles. The van der Waals surface area contributed by atoms with E-state index < -0.39 is 0 Å². The van der Waals surface area contributed by atoms with Crippen LogP contribution in [0.3, 0.4) is 0 Å². The van der Waals surface area contributed by atoms with Crippen LogP contribution in [0.5, 0.6) is 0 Å². The summed E-state index contributed by atoms with van der Waals surface area (Å²) in [7, 11) is 0. The molecule has 1 unspecified atom stereocenters. The fourth-order valence-electron chi connectivity index (χ4n) is 1.96. The molecule has 0 spiro atoms. The third kappa shape index (κ3) is 2.94. The Morgan fingerprint density at radius 3 is 2.87 bits per heavy atom. The molecular formula is C12H18N2O. The number of hydrogen-bond acceptors (Lipinski definition) is 3. The average Bonchev–Trinajstić information content (AvgIpc) is 2.81. The van der Waals surface area contributed by atoms with Gasteiger partial charge in [0.1, 0.15) is 0 Å². The third-order valence-electron chi connectivity index (χ3n) is 2.85. The van der Waals surface area contributed by atoms with E-state index in [0.29, 0.717) is 6.54 Å². The first-order valence-electron chi connectivity index (χ1n) is 5.56. The van der Waals surface area contributed by atoms with E-state index in [1.807, 2.05) is 30.3 Å². The molecule has 2 atom stereocenters. The zero-order valence-corrected chi connectivity index (χ0v) is 8.82. The predicted octanol–water partition coefficient (Wildman–Crippen LogP) is 1.21. The molecule has 3 N–H and O–H groups in total. The molecule has 1 saturated heterocycles. The van der Waals surface area contributed by atoms with Gasteiger partial charge in [-0.1, -0.05) is 18.2 Å². The van der Waals surface area contributed by atoms with E-state index in [1.54, 1.807) is 0 Å². The normalized spacial score (nSPS) is 22.6. The second-order valence-electron chi connectivity index (χ2n) is 4.02. The summed E-state index contributed by atoms with van der Waals surface area (Å²) in [6, 6.07) is 10.2. The van der Waals surface area contributed by atoms with E-state index in [1.165, 1.54) is 6.42 Å². The lowest BCUT2D eigenvalue weighted by Crippen LogP contribution is -2.39. The topological polar surface area (TPSA) is 44.3 Å². The Hall–Kier alpha value is -1.06. The van der Waals surface area contributed by atoms with Gasteiger partial charge in [0.25, 0.3) is 0 Å². The Kier molecular flexibility index (Phi) is 3.59. The molecule has 0 saturated carbocycles. The van der Waals surface area contributed by atoms with E-state index in [0.717, 1.165) is 18.7 Å². The van der Waals surface area contributed by atoms with Gasteiger partial charge < -0.3 is 15.7 Å². The quantitative estimate of drug-likeness (QED) is 0.694. The van der Waals surface area contributed by atoms with E-state index in [4.69, 9.17) is 0 Å². The number of anilines is 1. The van der Waals surface area contributed by atoms with Crippen molar-refractivity contribution >= 4 is 5.69 Å². The molecule has 1 aliphatic heterocycles. The first-order valence-corrected chi connectivity index (χ1v) is 5.56. The van der Waals surface area contributed by atoms with Crippen molar-refractivity contribution < 1.29 is 5.11 Å². The van der Waals surface area contributed by atoms with Crippen molar-refractivity contribution in [3.05, 3.63) is 30.3 Å². The third-order valence-corrected chi connectivity index (χ3v) is 2.85. The lowest BCUT2D eigenvalue weighted by molar-refractivity contribution is 0.148. The Bertz CT molecular complexity index is 283. The average molecular weight is 206 g/mol. The molecule has 3 nitrogen and oxygen atoms in total. The summed E-state index contributed by atoms with van der Waals surface area (Å²) in [5.74, 6) is 0. The number of benzene rings is 1. The second-order valence-corrected chi connectivity index (χ2v) is 4.02. The van der Waals surface area contributed by atoms with Crippen LogP contribution in [0.1, 0.15) is 12.8 Å². The number of aliphatic hydroxyl groups excluding tert-OH is 1. The SMILES string of the molecule is OC(CNc1ccccc1)[C@H]1CCCN1. The van der Waals surface area contributed by atoms with Crippen molar-refractivity contribution in [3.63, 3.8) is 0 Å². The molecule has 1 fully saturated rings. The fraction of sp³-hybridized carbons (Fsp3) is 0.500. The van der Waals surface area contributed by atoms with Crippen LogP contribution >= 0.6 is 0 Å².